The van der Waals surface area contributed by atoms with Gasteiger partial charge < -0.3 is 19.7 Å². The van der Waals surface area contributed by atoms with E-state index in [4.69, 9.17) is 9.47 Å². The van der Waals surface area contributed by atoms with Crippen LogP contribution in [0.5, 0.6) is 0 Å². The molecular weight excluding hydrogens is 353 g/mol. The third-order valence-corrected chi connectivity index (χ3v) is 3.30. The lowest BCUT2D eigenvalue weighted by Crippen LogP contribution is -2.40. The number of ether oxygens (including phenoxy) is 2. The van der Waals surface area contributed by atoms with E-state index in [-0.39, 0.29) is 26.3 Å². The molecule has 1 N–H and O–H groups in total. The first-order valence-electron chi connectivity index (χ1n) is 8.18. The van der Waals surface area contributed by atoms with Crippen molar-refractivity contribution < 1.29 is 32.2 Å². The number of anilines is 1. The number of amides is 2. The monoisotopic (exact) mass is 376 g/mol. The molecule has 1 aromatic carbocycles. The Morgan fingerprint density at radius 2 is 1.85 bits per heavy atom. The molecule has 0 aromatic heterocycles. The molecule has 2 amide bonds. The van der Waals surface area contributed by atoms with Crippen LogP contribution in [0.2, 0.25) is 0 Å². The van der Waals surface area contributed by atoms with E-state index in [9.17, 15) is 22.8 Å². The third kappa shape index (κ3) is 7.83. The zero-order chi connectivity index (χ0) is 19.6. The van der Waals surface area contributed by atoms with E-state index in [1.165, 1.54) is 13.0 Å². The Hall–Kier alpha value is -2.13. The highest BCUT2D eigenvalue weighted by Crippen LogP contribution is 2.20. The number of hydrogen-bond acceptors (Lipinski definition) is 4. The fourth-order valence-electron chi connectivity index (χ4n) is 2.10. The summed E-state index contributed by atoms with van der Waals surface area (Å²) in [6.07, 6.45) is -4.92. The number of hydrogen-bond donors (Lipinski definition) is 1. The molecule has 0 unspecified atom stereocenters. The zero-order valence-electron chi connectivity index (χ0n) is 14.8. The minimum absolute atomic E-state index is 0.0808. The van der Waals surface area contributed by atoms with Gasteiger partial charge in [0.2, 0.25) is 5.91 Å². The minimum Gasteiger partial charge on any atom is -0.379 e. The van der Waals surface area contributed by atoms with Crippen LogP contribution in [0.25, 0.3) is 0 Å². The predicted octanol–water partition coefficient (Wildman–Crippen LogP) is 2.59. The van der Waals surface area contributed by atoms with Crippen molar-refractivity contribution in [1.29, 1.82) is 0 Å². The number of carbonyl (C=O) groups is 2. The Bertz CT molecular complexity index is 594. The van der Waals surface area contributed by atoms with E-state index in [1.54, 1.807) is 18.2 Å². The fraction of sp³-hybridized carbons (Fsp3) is 0.529. The lowest BCUT2D eigenvalue weighted by molar-refractivity contribution is -0.185. The summed E-state index contributed by atoms with van der Waals surface area (Å²) in [4.78, 5) is 23.8. The first-order valence-corrected chi connectivity index (χ1v) is 8.18. The summed E-state index contributed by atoms with van der Waals surface area (Å²) in [7, 11) is 0. The zero-order valence-corrected chi connectivity index (χ0v) is 14.8. The Morgan fingerprint density at radius 3 is 2.46 bits per heavy atom. The molecule has 6 nitrogen and oxygen atoms in total. The molecule has 26 heavy (non-hydrogen) atoms. The van der Waals surface area contributed by atoms with Crippen LogP contribution in [-0.4, -0.2) is 55.9 Å². The standard InChI is InChI=1S/C17H23F3N2O4/c1-3-22(16(24)17(18,19)20)11-13-6-5-7-14(10-13)21-15(23)12-26-9-8-25-4-2/h5-7,10H,3-4,8-9,11-12H2,1-2H3,(H,21,23). The second kappa shape index (κ2) is 10.8. The molecule has 0 spiro atoms. The van der Waals surface area contributed by atoms with Crippen molar-refractivity contribution >= 4 is 17.5 Å². The van der Waals surface area contributed by atoms with Gasteiger partial charge in [-0.2, -0.15) is 13.2 Å². The molecule has 0 fully saturated rings. The van der Waals surface area contributed by atoms with Crippen LogP contribution in [0, 0.1) is 0 Å². The highest BCUT2D eigenvalue weighted by Gasteiger charge is 2.41. The highest BCUT2D eigenvalue weighted by atomic mass is 19.4. The molecule has 0 saturated carbocycles. The predicted molar refractivity (Wildman–Crippen MR) is 89.5 cm³/mol. The first kappa shape index (κ1) is 21.9. The van der Waals surface area contributed by atoms with Crippen molar-refractivity contribution in [2.24, 2.45) is 0 Å². The van der Waals surface area contributed by atoms with Crippen LogP contribution in [0.4, 0.5) is 18.9 Å². The van der Waals surface area contributed by atoms with E-state index in [0.29, 0.717) is 29.4 Å². The van der Waals surface area contributed by atoms with Crippen LogP contribution < -0.4 is 5.32 Å². The highest BCUT2D eigenvalue weighted by molar-refractivity contribution is 5.91. The number of alkyl halides is 3. The lowest BCUT2D eigenvalue weighted by atomic mass is 10.2. The molecule has 0 saturated heterocycles. The molecule has 0 aliphatic heterocycles. The van der Waals surface area contributed by atoms with Gasteiger partial charge in [0.15, 0.2) is 0 Å². The van der Waals surface area contributed by atoms with Gasteiger partial charge in [-0.3, -0.25) is 9.59 Å². The molecule has 0 bridgehead atoms. The number of nitrogens with zero attached hydrogens (tertiary/aromatic N) is 1. The van der Waals surface area contributed by atoms with Gasteiger partial charge in [-0.25, -0.2) is 0 Å². The Morgan fingerprint density at radius 1 is 1.15 bits per heavy atom. The Balaban J connectivity index is 2.59. The van der Waals surface area contributed by atoms with E-state index in [1.807, 2.05) is 6.92 Å². The third-order valence-electron chi connectivity index (χ3n) is 3.30. The maximum Gasteiger partial charge on any atom is 0.471 e. The van der Waals surface area contributed by atoms with E-state index >= 15 is 0 Å². The second-order valence-corrected chi connectivity index (χ2v) is 5.32. The molecule has 9 heteroatoms. The largest absolute Gasteiger partial charge is 0.471 e. The van der Waals surface area contributed by atoms with Gasteiger partial charge in [-0.1, -0.05) is 12.1 Å². The van der Waals surface area contributed by atoms with Crippen molar-refractivity contribution in [2.75, 3.05) is 38.3 Å². The number of halogens is 3. The van der Waals surface area contributed by atoms with Crippen molar-refractivity contribution in [3.8, 4) is 0 Å². The molecule has 1 aromatic rings. The van der Waals surface area contributed by atoms with Crippen molar-refractivity contribution in [2.45, 2.75) is 26.6 Å². The normalized spacial score (nSPS) is 11.3. The first-order chi connectivity index (χ1) is 12.3. The minimum atomic E-state index is -4.92. The molecule has 0 radical (unpaired) electrons. The average Bonchev–Trinajstić information content (AvgIpc) is 2.58. The maximum atomic E-state index is 12.6. The number of rotatable bonds is 10. The summed E-state index contributed by atoms with van der Waals surface area (Å²) >= 11 is 0. The number of nitrogens with one attached hydrogen (secondary N) is 1. The summed E-state index contributed by atoms with van der Waals surface area (Å²) < 4.78 is 47.9. The van der Waals surface area contributed by atoms with Crippen LogP contribution >= 0.6 is 0 Å². The van der Waals surface area contributed by atoms with Gasteiger partial charge in [0.25, 0.3) is 0 Å². The van der Waals surface area contributed by atoms with Gasteiger partial charge >= 0.3 is 12.1 Å². The molecule has 1 rings (SSSR count). The molecule has 146 valence electrons. The van der Waals surface area contributed by atoms with Gasteiger partial charge in [-0.15, -0.1) is 0 Å². The second-order valence-electron chi connectivity index (χ2n) is 5.32. The molecule has 0 heterocycles. The molecule has 0 atom stereocenters. The van der Waals surface area contributed by atoms with Gasteiger partial charge in [0, 0.05) is 25.4 Å². The van der Waals surface area contributed by atoms with Gasteiger partial charge in [-0.05, 0) is 31.5 Å². The summed E-state index contributed by atoms with van der Waals surface area (Å²) in [5, 5.41) is 2.59. The summed E-state index contributed by atoms with van der Waals surface area (Å²) in [5.41, 5.74) is 0.885. The van der Waals surface area contributed by atoms with Crippen molar-refractivity contribution in [1.82, 2.24) is 4.90 Å². The Labute approximate surface area is 150 Å². The van der Waals surface area contributed by atoms with Gasteiger partial charge in [0.1, 0.15) is 6.61 Å². The van der Waals surface area contributed by atoms with Gasteiger partial charge in [0.05, 0.1) is 13.2 Å². The lowest BCUT2D eigenvalue weighted by Gasteiger charge is -2.22. The quantitative estimate of drug-likeness (QED) is 0.638. The van der Waals surface area contributed by atoms with Crippen molar-refractivity contribution in [3.05, 3.63) is 29.8 Å². The smallest absolute Gasteiger partial charge is 0.379 e. The van der Waals surface area contributed by atoms with E-state index in [0.717, 1.165) is 0 Å². The molecule has 0 aliphatic carbocycles. The summed E-state index contributed by atoms with van der Waals surface area (Å²) in [6, 6.07) is 6.29. The summed E-state index contributed by atoms with van der Waals surface area (Å²) in [5.74, 6) is -2.28. The molecule has 0 aliphatic rings. The number of carbonyl (C=O) groups excluding carboxylic acids is 2. The van der Waals surface area contributed by atoms with Crippen LogP contribution in [0.15, 0.2) is 24.3 Å². The van der Waals surface area contributed by atoms with Crippen LogP contribution in [0.3, 0.4) is 0 Å². The SMILES string of the molecule is CCOCCOCC(=O)Nc1cccc(CN(CC)C(=O)C(F)(F)F)c1. The maximum absolute atomic E-state index is 12.6. The van der Waals surface area contributed by atoms with E-state index < -0.39 is 18.0 Å². The Kier molecular flexibility index (Phi) is 9.08. The van der Waals surface area contributed by atoms with Crippen LogP contribution in [0.1, 0.15) is 19.4 Å². The number of benzene rings is 1. The van der Waals surface area contributed by atoms with Crippen molar-refractivity contribution in [3.63, 3.8) is 0 Å². The van der Waals surface area contributed by atoms with Crippen LogP contribution in [-0.2, 0) is 25.6 Å². The molecular formula is C17H23F3N2O4. The fourth-order valence-corrected chi connectivity index (χ4v) is 2.10. The topological polar surface area (TPSA) is 67.9 Å². The summed E-state index contributed by atoms with van der Waals surface area (Å²) in [6.45, 7) is 4.10. The van der Waals surface area contributed by atoms with E-state index in [2.05, 4.69) is 5.32 Å². The average molecular weight is 376 g/mol.